The zero-order chi connectivity index (χ0) is 12.3. The molecule has 0 unspecified atom stereocenters. The second-order valence-corrected chi connectivity index (χ2v) is 4.23. The van der Waals surface area contributed by atoms with Gasteiger partial charge >= 0.3 is 0 Å². The van der Waals surface area contributed by atoms with Gasteiger partial charge in [-0.15, -0.1) is 0 Å². The van der Waals surface area contributed by atoms with E-state index in [1.165, 1.54) is 0 Å². The fraction of sp³-hybridized carbons (Fsp3) is 0.462. The zero-order valence-corrected chi connectivity index (χ0v) is 10.7. The highest BCUT2D eigenvalue weighted by Gasteiger charge is 2.05. The maximum atomic E-state index is 5.73. The molecule has 92 valence electrons. The summed E-state index contributed by atoms with van der Waals surface area (Å²) in [7, 11) is 0. The van der Waals surface area contributed by atoms with Gasteiger partial charge in [0.05, 0.1) is 18.8 Å². The van der Waals surface area contributed by atoms with Gasteiger partial charge in [-0.25, -0.2) is 0 Å². The summed E-state index contributed by atoms with van der Waals surface area (Å²) in [5, 5.41) is 7.66. The molecule has 0 saturated carbocycles. The summed E-state index contributed by atoms with van der Waals surface area (Å²) >= 11 is 0. The maximum absolute atomic E-state index is 5.73. The largest absolute Gasteiger partial charge is 0.463 e. The molecule has 4 nitrogen and oxygen atoms in total. The summed E-state index contributed by atoms with van der Waals surface area (Å²) < 4.78 is 7.69. The van der Waals surface area contributed by atoms with E-state index in [9.17, 15) is 0 Å². The molecule has 1 N–H and O–H groups in total. The number of hydrogen-bond acceptors (Lipinski definition) is 3. The Hall–Kier alpha value is -1.55. The second kappa shape index (κ2) is 5.19. The molecule has 2 heterocycles. The Kier molecular flexibility index (Phi) is 3.64. The van der Waals surface area contributed by atoms with Gasteiger partial charge < -0.3 is 9.73 Å². The molecule has 0 saturated heterocycles. The molecule has 0 radical (unpaired) electrons. The molecule has 17 heavy (non-hydrogen) atoms. The number of aromatic nitrogens is 2. The van der Waals surface area contributed by atoms with E-state index in [-0.39, 0.29) is 0 Å². The lowest BCUT2D eigenvalue weighted by Gasteiger charge is -2.01. The highest BCUT2D eigenvalue weighted by molar-refractivity contribution is 5.11. The monoisotopic (exact) mass is 233 g/mol. The Bertz CT molecular complexity index is 485. The summed E-state index contributed by atoms with van der Waals surface area (Å²) in [6, 6.07) is 6.11. The van der Waals surface area contributed by atoms with Crippen molar-refractivity contribution in [1.82, 2.24) is 15.1 Å². The summed E-state index contributed by atoms with van der Waals surface area (Å²) in [5.41, 5.74) is 2.20. The first-order chi connectivity index (χ1) is 8.19. The van der Waals surface area contributed by atoms with Gasteiger partial charge in [-0.3, -0.25) is 4.68 Å². The van der Waals surface area contributed by atoms with Gasteiger partial charge in [-0.2, -0.15) is 5.10 Å². The van der Waals surface area contributed by atoms with Crippen molar-refractivity contribution in [3.8, 4) is 0 Å². The van der Waals surface area contributed by atoms with Crippen molar-refractivity contribution in [3.63, 3.8) is 0 Å². The molecule has 0 spiro atoms. The van der Waals surface area contributed by atoms with E-state index in [0.29, 0.717) is 6.54 Å². The zero-order valence-electron chi connectivity index (χ0n) is 10.7. The van der Waals surface area contributed by atoms with Crippen LogP contribution in [0.2, 0.25) is 0 Å². The molecule has 0 aliphatic heterocycles. The van der Waals surface area contributed by atoms with Crippen LogP contribution < -0.4 is 5.32 Å². The molecule has 0 aromatic carbocycles. The first kappa shape index (κ1) is 11.9. The normalized spacial score (nSPS) is 11.0. The van der Waals surface area contributed by atoms with Crippen LogP contribution >= 0.6 is 0 Å². The maximum Gasteiger partial charge on any atom is 0.125 e. The minimum absolute atomic E-state index is 0.700. The van der Waals surface area contributed by atoms with Crippen LogP contribution in [0.25, 0.3) is 0 Å². The second-order valence-electron chi connectivity index (χ2n) is 4.23. The SMILES string of the molecule is CCNCc1ccc(Cn2nc(C)cc2C)o1. The van der Waals surface area contributed by atoms with E-state index < -0.39 is 0 Å². The average molecular weight is 233 g/mol. The third kappa shape index (κ3) is 2.97. The Morgan fingerprint density at radius 2 is 2.06 bits per heavy atom. The summed E-state index contributed by atoms with van der Waals surface area (Å²) in [6.07, 6.45) is 0. The van der Waals surface area contributed by atoms with Crippen molar-refractivity contribution < 1.29 is 4.42 Å². The number of furan rings is 1. The molecular formula is C13H19N3O. The van der Waals surface area contributed by atoms with Gasteiger partial charge in [-0.1, -0.05) is 6.92 Å². The molecular weight excluding hydrogens is 214 g/mol. The summed E-state index contributed by atoms with van der Waals surface area (Å²) in [4.78, 5) is 0. The number of hydrogen-bond donors (Lipinski definition) is 1. The van der Waals surface area contributed by atoms with E-state index in [2.05, 4.69) is 30.3 Å². The predicted molar refractivity (Wildman–Crippen MR) is 66.9 cm³/mol. The van der Waals surface area contributed by atoms with Crippen molar-refractivity contribution in [3.05, 3.63) is 41.1 Å². The molecule has 0 bridgehead atoms. The number of rotatable bonds is 5. The Labute approximate surface area is 102 Å². The Morgan fingerprint density at radius 3 is 2.71 bits per heavy atom. The van der Waals surface area contributed by atoms with E-state index in [1.54, 1.807) is 0 Å². The topological polar surface area (TPSA) is 43.0 Å². The molecule has 0 atom stereocenters. The van der Waals surface area contributed by atoms with Crippen molar-refractivity contribution in [2.24, 2.45) is 0 Å². The highest BCUT2D eigenvalue weighted by Crippen LogP contribution is 2.11. The molecule has 0 aliphatic rings. The van der Waals surface area contributed by atoms with E-state index in [0.717, 1.165) is 36.0 Å². The van der Waals surface area contributed by atoms with Gasteiger partial charge in [0.1, 0.15) is 11.5 Å². The quantitative estimate of drug-likeness (QED) is 0.861. The van der Waals surface area contributed by atoms with Crippen LogP contribution in [-0.2, 0) is 13.1 Å². The molecule has 0 amide bonds. The minimum atomic E-state index is 0.700. The Morgan fingerprint density at radius 1 is 1.29 bits per heavy atom. The fourth-order valence-electron chi connectivity index (χ4n) is 1.83. The van der Waals surface area contributed by atoms with Gasteiger partial charge in [0.15, 0.2) is 0 Å². The first-order valence-corrected chi connectivity index (χ1v) is 5.98. The van der Waals surface area contributed by atoms with Crippen molar-refractivity contribution in [1.29, 1.82) is 0 Å². The van der Waals surface area contributed by atoms with Crippen molar-refractivity contribution in [2.45, 2.75) is 33.9 Å². The predicted octanol–water partition coefficient (Wildman–Crippen LogP) is 2.25. The van der Waals surface area contributed by atoms with Crippen LogP contribution in [0.5, 0.6) is 0 Å². The van der Waals surface area contributed by atoms with Crippen LogP contribution in [0.4, 0.5) is 0 Å². The lowest BCUT2D eigenvalue weighted by atomic mass is 10.4. The van der Waals surface area contributed by atoms with Crippen LogP contribution in [0.15, 0.2) is 22.6 Å². The highest BCUT2D eigenvalue weighted by atomic mass is 16.3. The van der Waals surface area contributed by atoms with Crippen LogP contribution in [0.3, 0.4) is 0 Å². The minimum Gasteiger partial charge on any atom is -0.463 e. The van der Waals surface area contributed by atoms with Crippen LogP contribution in [-0.4, -0.2) is 16.3 Å². The van der Waals surface area contributed by atoms with Crippen molar-refractivity contribution in [2.75, 3.05) is 6.54 Å². The third-order valence-corrected chi connectivity index (χ3v) is 2.68. The van der Waals surface area contributed by atoms with E-state index in [1.807, 2.05) is 23.7 Å². The molecule has 2 aromatic heterocycles. The lowest BCUT2D eigenvalue weighted by Crippen LogP contribution is -2.10. The average Bonchev–Trinajstić information content (AvgIpc) is 2.84. The Balaban J connectivity index is 2.03. The molecule has 4 heteroatoms. The molecule has 2 aromatic rings. The number of nitrogens with zero attached hydrogens (tertiary/aromatic N) is 2. The van der Waals surface area contributed by atoms with Crippen LogP contribution in [0.1, 0.15) is 29.8 Å². The molecule has 2 rings (SSSR count). The van der Waals surface area contributed by atoms with Gasteiger partial charge in [0.2, 0.25) is 0 Å². The summed E-state index contributed by atoms with van der Waals surface area (Å²) in [5.74, 6) is 1.92. The molecule has 0 fully saturated rings. The first-order valence-electron chi connectivity index (χ1n) is 5.98. The third-order valence-electron chi connectivity index (χ3n) is 2.68. The van der Waals surface area contributed by atoms with E-state index >= 15 is 0 Å². The molecule has 0 aliphatic carbocycles. The van der Waals surface area contributed by atoms with Gasteiger partial charge in [-0.05, 0) is 38.6 Å². The van der Waals surface area contributed by atoms with Crippen molar-refractivity contribution >= 4 is 0 Å². The standard InChI is InChI=1S/C13H19N3O/c1-4-14-8-12-5-6-13(17-12)9-16-11(3)7-10(2)15-16/h5-7,14H,4,8-9H2,1-3H3. The smallest absolute Gasteiger partial charge is 0.125 e. The van der Waals surface area contributed by atoms with Crippen LogP contribution in [0, 0.1) is 13.8 Å². The van der Waals surface area contributed by atoms with Gasteiger partial charge in [0.25, 0.3) is 0 Å². The van der Waals surface area contributed by atoms with Gasteiger partial charge in [0, 0.05) is 5.69 Å². The lowest BCUT2D eigenvalue weighted by molar-refractivity contribution is 0.430. The van der Waals surface area contributed by atoms with E-state index in [4.69, 9.17) is 4.42 Å². The number of aryl methyl sites for hydroxylation is 2. The number of nitrogens with one attached hydrogen (secondary N) is 1. The fourth-order valence-corrected chi connectivity index (χ4v) is 1.83. The summed E-state index contributed by atoms with van der Waals surface area (Å²) in [6.45, 7) is 8.58.